The minimum Gasteiger partial charge on any atom is -0.465 e. The molecule has 3 nitrogen and oxygen atoms in total. The number of nitrogens with zero attached hydrogens (tertiary/aromatic N) is 1. The molecule has 0 fully saturated rings. The van der Waals surface area contributed by atoms with Crippen LogP contribution in [-0.4, -0.2) is 18.1 Å². The van der Waals surface area contributed by atoms with E-state index in [2.05, 4.69) is 9.72 Å². The monoisotopic (exact) mass is 237 g/mol. The van der Waals surface area contributed by atoms with Crippen molar-refractivity contribution in [1.82, 2.24) is 4.98 Å². The molecular formula is C12H9F2NO2. The van der Waals surface area contributed by atoms with Crippen molar-refractivity contribution in [2.45, 2.75) is 6.92 Å². The molecule has 88 valence electrons. The van der Waals surface area contributed by atoms with Gasteiger partial charge in [-0.15, -0.1) is 0 Å². The van der Waals surface area contributed by atoms with Gasteiger partial charge in [0.1, 0.15) is 17.2 Å². The standard InChI is InChI=1S/C12H9F2NO2/c1-6-5-7(12(16)17-2)10-8(13)3-4-9(14)11(10)15-6/h3-5H,1-2H3. The lowest BCUT2D eigenvalue weighted by molar-refractivity contribution is 0.0602. The Bertz CT molecular complexity index is 611. The van der Waals surface area contributed by atoms with Crippen LogP contribution in [0.5, 0.6) is 0 Å². The number of halogens is 2. The molecule has 0 atom stereocenters. The number of hydrogen-bond donors (Lipinski definition) is 0. The first kappa shape index (κ1) is 11.4. The number of methoxy groups -OCH3 is 1. The number of pyridine rings is 1. The van der Waals surface area contributed by atoms with Crippen molar-refractivity contribution in [2.75, 3.05) is 7.11 Å². The zero-order chi connectivity index (χ0) is 12.6. The van der Waals surface area contributed by atoms with E-state index in [0.29, 0.717) is 5.69 Å². The third-order valence-electron chi connectivity index (χ3n) is 2.39. The van der Waals surface area contributed by atoms with Gasteiger partial charge in [-0.2, -0.15) is 0 Å². The average molecular weight is 237 g/mol. The smallest absolute Gasteiger partial charge is 0.338 e. The summed E-state index contributed by atoms with van der Waals surface area (Å²) in [6.45, 7) is 1.59. The fourth-order valence-electron chi connectivity index (χ4n) is 1.67. The molecule has 0 amide bonds. The molecule has 0 unspecified atom stereocenters. The molecule has 0 N–H and O–H groups in total. The molecule has 0 spiro atoms. The van der Waals surface area contributed by atoms with E-state index in [1.807, 2.05) is 0 Å². The van der Waals surface area contributed by atoms with E-state index in [0.717, 1.165) is 12.1 Å². The van der Waals surface area contributed by atoms with Crippen LogP contribution in [0.1, 0.15) is 16.1 Å². The molecule has 0 saturated carbocycles. The molecule has 0 aliphatic carbocycles. The third-order valence-corrected chi connectivity index (χ3v) is 2.39. The Hall–Kier alpha value is -2.04. The van der Waals surface area contributed by atoms with Gasteiger partial charge >= 0.3 is 5.97 Å². The highest BCUT2D eigenvalue weighted by molar-refractivity contribution is 6.03. The van der Waals surface area contributed by atoms with Gasteiger partial charge in [-0.3, -0.25) is 0 Å². The lowest BCUT2D eigenvalue weighted by Crippen LogP contribution is -2.06. The summed E-state index contributed by atoms with van der Waals surface area (Å²) in [6.07, 6.45) is 0. The highest BCUT2D eigenvalue weighted by Gasteiger charge is 2.18. The van der Waals surface area contributed by atoms with Gasteiger partial charge in [-0.25, -0.2) is 18.6 Å². The SMILES string of the molecule is COC(=O)c1cc(C)nc2c(F)ccc(F)c12. The Morgan fingerprint density at radius 3 is 2.59 bits per heavy atom. The Labute approximate surface area is 96.0 Å². The molecule has 1 aromatic carbocycles. The number of benzene rings is 1. The molecule has 0 aliphatic heterocycles. The van der Waals surface area contributed by atoms with Crippen LogP contribution >= 0.6 is 0 Å². The molecule has 0 aliphatic rings. The number of carbonyl (C=O) groups is 1. The summed E-state index contributed by atoms with van der Waals surface area (Å²) >= 11 is 0. The van der Waals surface area contributed by atoms with Crippen molar-refractivity contribution >= 4 is 16.9 Å². The van der Waals surface area contributed by atoms with E-state index < -0.39 is 17.6 Å². The molecule has 1 aromatic heterocycles. The minimum absolute atomic E-state index is 0.0213. The van der Waals surface area contributed by atoms with Crippen molar-refractivity contribution in [2.24, 2.45) is 0 Å². The van der Waals surface area contributed by atoms with Crippen LogP contribution < -0.4 is 0 Å². The van der Waals surface area contributed by atoms with E-state index in [1.165, 1.54) is 13.2 Å². The average Bonchev–Trinajstić information content (AvgIpc) is 2.32. The van der Waals surface area contributed by atoms with Gasteiger partial charge in [0.25, 0.3) is 0 Å². The van der Waals surface area contributed by atoms with E-state index in [1.54, 1.807) is 6.92 Å². The van der Waals surface area contributed by atoms with Crippen molar-refractivity contribution < 1.29 is 18.3 Å². The van der Waals surface area contributed by atoms with Gasteiger partial charge in [0, 0.05) is 5.69 Å². The summed E-state index contributed by atoms with van der Waals surface area (Å²) in [7, 11) is 1.18. The Balaban J connectivity index is 2.92. The van der Waals surface area contributed by atoms with Crippen LogP contribution in [0.25, 0.3) is 10.9 Å². The number of rotatable bonds is 1. The third kappa shape index (κ3) is 1.84. The first-order valence-corrected chi connectivity index (χ1v) is 4.88. The highest BCUT2D eigenvalue weighted by Crippen LogP contribution is 2.24. The Morgan fingerprint density at radius 2 is 1.94 bits per heavy atom. The molecule has 5 heteroatoms. The molecule has 2 aromatic rings. The fourth-order valence-corrected chi connectivity index (χ4v) is 1.67. The number of hydrogen-bond acceptors (Lipinski definition) is 3. The predicted molar refractivity (Wildman–Crippen MR) is 57.7 cm³/mol. The van der Waals surface area contributed by atoms with E-state index in [9.17, 15) is 13.6 Å². The summed E-state index contributed by atoms with van der Waals surface area (Å²) in [5, 5.41) is -0.151. The number of aromatic nitrogens is 1. The number of fused-ring (bicyclic) bond motifs is 1. The zero-order valence-electron chi connectivity index (χ0n) is 9.25. The number of esters is 1. The summed E-state index contributed by atoms with van der Waals surface area (Å²) in [5.74, 6) is -2.09. The maximum absolute atomic E-state index is 13.6. The maximum atomic E-state index is 13.6. The number of ether oxygens (including phenoxy) is 1. The van der Waals surface area contributed by atoms with Crippen LogP contribution in [0.3, 0.4) is 0 Å². The minimum atomic E-state index is -0.718. The molecule has 0 saturated heterocycles. The second-order valence-corrected chi connectivity index (χ2v) is 3.56. The van der Waals surface area contributed by atoms with E-state index >= 15 is 0 Å². The molecular weight excluding hydrogens is 228 g/mol. The second kappa shape index (κ2) is 4.08. The van der Waals surface area contributed by atoms with Crippen LogP contribution in [0.4, 0.5) is 8.78 Å². The number of aryl methyl sites for hydroxylation is 1. The normalized spacial score (nSPS) is 10.6. The summed E-state index contributed by atoms with van der Waals surface area (Å²) in [6, 6.07) is 3.31. The topological polar surface area (TPSA) is 39.2 Å². The fraction of sp³-hybridized carbons (Fsp3) is 0.167. The quantitative estimate of drug-likeness (QED) is 0.715. The molecule has 0 bridgehead atoms. The zero-order valence-corrected chi connectivity index (χ0v) is 9.25. The van der Waals surface area contributed by atoms with Gasteiger partial charge in [0.15, 0.2) is 0 Å². The van der Waals surface area contributed by atoms with Gasteiger partial charge in [0.2, 0.25) is 0 Å². The van der Waals surface area contributed by atoms with Gasteiger partial charge in [-0.05, 0) is 25.1 Å². The van der Waals surface area contributed by atoms with E-state index in [4.69, 9.17) is 0 Å². The lowest BCUT2D eigenvalue weighted by Gasteiger charge is -2.07. The Morgan fingerprint density at radius 1 is 1.29 bits per heavy atom. The van der Waals surface area contributed by atoms with Gasteiger partial charge in [-0.1, -0.05) is 0 Å². The van der Waals surface area contributed by atoms with Gasteiger partial charge < -0.3 is 4.74 Å². The highest BCUT2D eigenvalue weighted by atomic mass is 19.1. The summed E-state index contributed by atoms with van der Waals surface area (Å²) in [4.78, 5) is 15.4. The number of carbonyl (C=O) groups excluding carboxylic acids is 1. The van der Waals surface area contributed by atoms with Crippen molar-refractivity contribution in [3.63, 3.8) is 0 Å². The lowest BCUT2D eigenvalue weighted by atomic mass is 10.1. The van der Waals surface area contributed by atoms with Gasteiger partial charge in [0.05, 0.1) is 18.1 Å². The second-order valence-electron chi connectivity index (χ2n) is 3.56. The molecule has 1 heterocycles. The maximum Gasteiger partial charge on any atom is 0.338 e. The first-order valence-electron chi connectivity index (χ1n) is 4.88. The van der Waals surface area contributed by atoms with Crippen LogP contribution in [-0.2, 0) is 4.74 Å². The first-order chi connectivity index (χ1) is 8.04. The summed E-state index contributed by atoms with van der Waals surface area (Å²) in [5.41, 5.74) is 0.236. The van der Waals surface area contributed by atoms with E-state index in [-0.39, 0.29) is 16.5 Å². The molecule has 0 radical (unpaired) electrons. The van der Waals surface area contributed by atoms with Crippen LogP contribution in [0.15, 0.2) is 18.2 Å². The van der Waals surface area contributed by atoms with Crippen LogP contribution in [0, 0.1) is 18.6 Å². The van der Waals surface area contributed by atoms with Crippen molar-refractivity contribution in [3.05, 3.63) is 41.1 Å². The summed E-state index contributed by atoms with van der Waals surface area (Å²) < 4.78 is 31.7. The van der Waals surface area contributed by atoms with Crippen molar-refractivity contribution in [1.29, 1.82) is 0 Å². The van der Waals surface area contributed by atoms with Crippen LogP contribution in [0.2, 0.25) is 0 Å². The molecule has 17 heavy (non-hydrogen) atoms. The molecule has 2 rings (SSSR count). The predicted octanol–water partition coefficient (Wildman–Crippen LogP) is 2.61. The Kier molecular flexibility index (Phi) is 2.75. The largest absolute Gasteiger partial charge is 0.465 e. The van der Waals surface area contributed by atoms with Crippen molar-refractivity contribution in [3.8, 4) is 0 Å².